The van der Waals surface area contributed by atoms with Crippen LogP contribution in [0.4, 0.5) is 0 Å². The Morgan fingerprint density at radius 3 is 2.78 bits per heavy atom. The Morgan fingerprint density at radius 2 is 2.06 bits per heavy atom. The minimum atomic E-state index is -0.305. The van der Waals surface area contributed by atoms with Crippen LogP contribution in [0.15, 0.2) is 47.4 Å². The summed E-state index contributed by atoms with van der Waals surface area (Å²) in [5.74, 6) is 0.278. The summed E-state index contributed by atoms with van der Waals surface area (Å²) in [6, 6.07) is 9.79. The quantitative estimate of drug-likeness (QED) is 0.756. The number of ether oxygens (including phenoxy) is 1. The highest BCUT2D eigenvalue weighted by molar-refractivity contribution is 5.98. The van der Waals surface area contributed by atoms with Crippen LogP contribution in [0, 0.1) is 0 Å². The molecule has 0 radical (unpaired) electrons. The smallest absolute Gasteiger partial charge is 0.267 e. The average Bonchev–Trinajstić information content (AvgIpc) is 2.41. The number of ketones is 1. The number of carbonyl (C=O) groups excluding carboxylic acids is 1. The third-order valence-corrected chi connectivity index (χ3v) is 2.49. The summed E-state index contributed by atoms with van der Waals surface area (Å²) in [5.41, 5.74) is 0.137. The molecule has 0 spiro atoms. The fourth-order valence-corrected chi connectivity index (χ4v) is 1.60. The Morgan fingerprint density at radius 1 is 1.28 bits per heavy atom. The van der Waals surface area contributed by atoms with Crippen molar-refractivity contribution in [2.75, 3.05) is 7.11 Å². The molecule has 1 aromatic heterocycles. The summed E-state index contributed by atoms with van der Waals surface area (Å²) < 4.78 is 6.23. The van der Waals surface area contributed by atoms with Gasteiger partial charge in [-0.1, -0.05) is 12.1 Å². The Bertz CT molecular complexity index is 619. The van der Waals surface area contributed by atoms with Gasteiger partial charge in [-0.15, -0.1) is 0 Å². The zero-order valence-electron chi connectivity index (χ0n) is 9.87. The van der Waals surface area contributed by atoms with Crippen LogP contribution >= 0.6 is 0 Å². The second-order valence-corrected chi connectivity index (χ2v) is 3.64. The molecule has 2 aromatic rings. The molecular weight excluding hydrogens is 232 g/mol. The molecule has 5 nitrogen and oxygen atoms in total. The first-order valence-corrected chi connectivity index (χ1v) is 5.40. The minimum Gasteiger partial charge on any atom is -0.496 e. The zero-order chi connectivity index (χ0) is 13.0. The molecule has 0 aliphatic carbocycles. The van der Waals surface area contributed by atoms with Crippen molar-refractivity contribution in [3.05, 3.63) is 58.5 Å². The van der Waals surface area contributed by atoms with Gasteiger partial charge in [-0.05, 0) is 18.2 Å². The van der Waals surface area contributed by atoms with Crippen molar-refractivity contribution < 1.29 is 9.53 Å². The average molecular weight is 244 g/mol. The summed E-state index contributed by atoms with van der Waals surface area (Å²) in [6.07, 6.45) is 1.47. The summed E-state index contributed by atoms with van der Waals surface area (Å²) in [7, 11) is 1.50. The SMILES string of the molecule is COc1ccccc1C(=O)Cn1ncccc1=O. The lowest BCUT2D eigenvalue weighted by Crippen LogP contribution is -2.25. The number of rotatable bonds is 4. The third-order valence-electron chi connectivity index (χ3n) is 2.49. The van der Waals surface area contributed by atoms with Crippen molar-refractivity contribution in [1.29, 1.82) is 0 Å². The van der Waals surface area contributed by atoms with Gasteiger partial charge in [0.05, 0.1) is 12.7 Å². The molecule has 0 saturated carbocycles. The number of carbonyl (C=O) groups is 1. The fourth-order valence-electron chi connectivity index (χ4n) is 1.60. The van der Waals surface area contributed by atoms with Gasteiger partial charge in [0.25, 0.3) is 5.56 Å². The van der Waals surface area contributed by atoms with Crippen molar-refractivity contribution in [2.45, 2.75) is 6.54 Å². The maximum atomic E-state index is 12.1. The third kappa shape index (κ3) is 2.45. The number of hydrogen-bond donors (Lipinski definition) is 0. The van der Waals surface area contributed by atoms with E-state index in [1.807, 2.05) is 0 Å². The standard InChI is InChI=1S/C13H12N2O3/c1-18-12-6-3-2-5-10(12)11(16)9-15-13(17)7-4-8-14-15/h2-8H,9H2,1H3. The van der Waals surface area contributed by atoms with Crippen LogP contribution in [0.5, 0.6) is 5.75 Å². The Labute approximate surface area is 104 Å². The van der Waals surface area contributed by atoms with E-state index in [9.17, 15) is 9.59 Å². The van der Waals surface area contributed by atoms with E-state index >= 15 is 0 Å². The van der Waals surface area contributed by atoms with Gasteiger partial charge in [-0.2, -0.15) is 5.10 Å². The molecule has 92 valence electrons. The van der Waals surface area contributed by atoms with Gasteiger partial charge in [0, 0.05) is 12.3 Å². The topological polar surface area (TPSA) is 61.2 Å². The Balaban J connectivity index is 2.28. The van der Waals surface area contributed by atoms with Gasteiger partial charge < -0.3 is 4.74 Å². The molecule has 1 heterocycles. The first-order valence-electron chi connectivity index (χ1n) is 5.40. The number of benzene rings is 1. The van der Waals surface area contributed by atoms with Crippen molar-refractivity contribution in [1.82, 2.24) is 9.78 Å². The molecule has 1 aromatic carbocycles. The molecule has 0 atom stereocenters. The molecule has 0 bridgehead atoms. The highest BCUT2D eigenvalue weighted by atomic mass is 16.5. The summed E-state index contributed by atoms with van der Waals surface area (Å²) >= 11 is 0. The molecule has 5 heteroatoms. The van der Waals surface area contributed by atoms with Crippen molar-refractivity contribution in [2.24, 2.45) is 0 Å². The molecule has 0 unspecified atom stereocenters. The van der Waals surface area contributed by atoms with E-state index in [1.165, 1.54) is 25.4 Å². The lowest BCUT2D eigenvalue weighted by atomic mass is 10.1. The van der Waals surface area contributed by atoms with Crippen LogP contribution in [-0.2, 0) is 6.54 Å². The normalized spacial score (nSPS) is 10.1. The van der Waals surface area contributed by atoms with Crippen LogP contribution in [-0.4, -0.2) is 22.7 Å². The van der Waals surface area contributed by atoms with Crippen LogP contribution in [0.3, 0.4) is 0 Å². The lowest BCUT2D eigenvalue weighted by molar-refractivity contribution is 0.0962. The number of Topliss-reactive ketones (excluding diaryl/α,β-unsaturated/α-hetero) is 1. The summed E-state index contributed by atoms with van der Waals surface area (Å²) in [6.45, 7) is -0.0972. The molecule has 0 amide bonds. The number of hydrogen-bond acceptors (Lipinski definition) is 4. The van der Waals surface area contributed by atoms with E-state index in [4.69, 9.17) is 4.74 Å². The predicted octanol–water partition coefficient (Wildman–Crippen LogP) is 1.13. The van der Waals surface area contributed by atoms with Gasteiger partial charge in [-0.3, -0.25) is 9.59 Å². The predicted molar refractivity (Wildman–Crippen MR) is 65.8 cm³/mol. The van der Waals surface area contributed by atoms with Crippen LogP contribution in [0.1, 0.15) is 10.4 Å². The van der Waals surface area contributed by atoms with Gasteiger partial charge in [0.2, 0.25) is 0 Å². The van der Waals surface area contributed by atoms with Crippen molar-refractivity contribution in [3.63, 3.8) is 0 Å². The molecule has 0 aliphatic heterocycles. The molecule has 2 rings (SSSR count). The van der Waals surface area contributed by atoms with E-state index < -0.39 is 0 Å². The molecule has 0 fully saturated rings. The molecule has 0 N–H and O–H groups in total. The number of para-hydroxylation sites is 1. The number of methoxy groups -OCH3 is 1. The molecular formula is C13H12N2O3. The molecule has 0 saturated heterocycles. The summed E-state index contributed by atoms with van der Waals surface area (Å²) in [5, 5.41) is 3.84. The largest absolute Gasteiger partial charge is 0.496 e. The second-order valence-electron chi connectivity index (χ2n) is 3.64. The number of nitrogens with zero attached hydrogens (tertiary/aromatic N) is 2. The van der Waals surface area contributed by atoms with Gasteiger partial charge in [0.1, 0.15) is 12.3 Å². The first kappa shape index (κ1) is 12.0. The van der Waals surface area contributed by atoms with Crippen molar-refractivity contribution >= 4 is 5.78 Å². The highest BCUT2D eigenvalue weighted by Gasteiger charge is 2.12. The zero-order valence-corrected chi connectivity index (χ0v) is 9.87. The van der Waals surface area contributed by atoms with Crippen molar-refractivity contribution in [3.8, 4) is 5.75 Å². The van der Waals surface area contributed by atoms with Gasteiger partial charge in [-0.25, -0.2) is 4.68 Å². The fraction of sp³-hybridized carbons (Fsp3) is 0.154. The lowest BCUT2D eigenvalue weighted by Gasteiger charge is -2.07. The van der Waals surface area contributed by atoms with E-state index in [2.05, 4.69) is 5.10 Å². The van der Waals surface area contributed by atoms with E-state index in [-0.39, 0.29) is 17.9 Å². The highest BCUT2D eigenvalue weighted by Crippen LogP contribution is 2.17. The van der Waals surface area contributed by atoms with Crippen LogP contribution < -0.4 is 10.3 Å². The van der Waals surface area contributed by atoms with Crippen LogP contribution in [0.25, 0.3) is 0 Å². The second kappa shape index (κ2) is 5.27. The van der Waals surface area contributed by atoms with Gasteiger partial charge >= 0.3 is 0 Å². The monoisotopic (exact) mass is 244 g/mol. The maximum Gasteiger partial charge on any atom is 0.267 e. The van der Waals surface area contributed by atoms with Crippen LogP contribution in [0.2, 0.25) is 0 Å². The number of aromatic nitrogens is 2. The van der Waals surface area contributed by atoms with E-state index in [0.29, 0.717) is 11.3 Å². The van der Waals surface area contributed by atoms with E-state index in [1.54, 1.807) is 24.3 Å². The Kier molecular flexibility index (Phi) is 3.52. The molecule has 18 heavy (non-hydrogen) atoms. The molecule has 0 aliphatic rings. The maximum absolute atomic E-state index is 12.1. The minimum absolute atomic E-state index is 0.0972. The van der Waals surface area contributed by atoms with Gasteiger partial charge in [0.15, 0.2) is 5.78 Å². The Hall–Kier alpha value is -2.43. The van der Waals surface area contributed by atoms with E-state index in [0.717, 1.165) is 4.68 Å². The first-order chi connectivity index (χ1) is 8.72. The summed E-state index contributed by atoms with van der Waals surface area (Å²) in [4.78, 5) is 23.5.